The van der Waals surface area contributed by atoms with Crippen LogP contribution >= 0.6 is 0 Å². The van der Waals surface area contributed by atoms with Crippen molar-refractivity contribution in [2.75, 3.05) is 5.73 Å². The van der Waals surface area contributed by atoms with Crippen LogP contribution in [0.4, 0.5) is 5.95 Å². The predicted molar refractivity (Wildman–Crippen MR) is 40.6 cm³/mol. The molecule has 0 radical (unpaired) electrons. The summed E-state index contributed by atoms with van der Waals surface area (Å²) in [4.78, 5) is 18.0. The Labute approximate surface area is 67.0 Å². The van der Waals surface area contributed by atoms with Crippen molar-refractivity contribution >= 4 is 18.0 Å². The van der Waals surface area contributed by atoms with E-state index in [0.717, 1.165) is 0 Å². The zero-order valence-electron chi connectivity index (χ0n) is 6.01. The van der Waals surface area contributed by atoms with Gasteiger partial charge in [-0.25, -0.2) is 9.50 Å². The van der Waals surface area contributed by atoms with E-state index >= 15 is 0 Å². The van der Waals surface area contributed by atoms with Crippen LogP contribution in [0.15, 0.2) is 12.4 Å². The summed E-state index contributed by atoms with van der Waals surface area (Å²) in [7, 11) is 0. The molecule has 2 aromatic rings. The van der Waals surface area contributed by atoms with Crippen molar-refractivity contribution < 1.29 is 4.79 Å². The van der Waals surface area contributed by atoms with Crippen LogP contribution in [0.3, 0.4) is 0 Å². The van der Waals surface area contributed by atoms with Crippen LogP contribution in [-0.2, 0) is 0 Å². The maximum Gasteiger partial charge on any atom is 0.253 e. The van der Waals surface area contributed by atoms with Crippen molar-refractivity contribution in [3.63, 3.8) is 0 Å². The number of rotatable bonds is 1. The number of fused-ring (bicyclic) bond motifs is 1. The van der Waals surface area contributed by atoms with Crippen molar-refractivity contribution in [1.82, 2.24) is 19.6 Å². The van der Waals surface area contributed by atoms with Crippen molar-refractivity contribution in [3.05, 3.63) is 18.0 Å². The minimum absolute atomic E-state index is 0.144. The average Bonchev–Trinajstić information content (AvgIpc) is 2.43. The number of nitrogens with two attached hydrogens (primary N) is 1. The molecule has 0 saturated heterocycles. The summed E-state index contributed by atoms with van der Waals surface area (Å²) in [5, 5.41) is 3.78. The molecule has 0 unspecified atom stereocenters. The summed E-state index contributed by atoms with van der Waals surface area (Å²) in [5.41, 5.74) is 5.75. The van der Waals surface area contributed by atoms with Gasteiger partial charge in [0.2, 0.25) is 5.95 Å². The third-order valence-corrected chi connectivity index (χ3v) is 1.37. The molecule has 0 fully saturated rings. The average molecular weight is 163 g/mol. The summed E-state index contributed by atoms with van der Waals surface area (Å²) in [6.07, 6.45) is 3.61. The van der Waals surface area contributed by atoms with Gasteiger partial charge in [-0.2, -0.15) is 4.98 Å². The number of nitrogens with zero attached hydrogens (tertiary/aromatic N) is 4. The molecular weight excluding hydrogens is 158 g/mol. The highest BCUT2D eigenvalue weighted by molar-refractivity contribution is 5.73. The van der Waals surface area contributed by atoms with E-state index in [2.05, 4.69) is 15.1 Å². The topological polar surface area (TPSA) is 86.2 Å². The summed E-state index contributed by atoms with van der Waals surface area (Å²) in [5.74, 6) is 0.531. The minimum atomic E-state index is 0.144. The van der Waals surface area contributed by atoms with Gasteiger partial charge in [-0.3, -0.25) is 4.79 Å². The Balaban J connectivity index is 2.74. The molecule has 12 heavy (non-hydrogen) atoms. The van der Waals surface area contributed by atoms with E-state index in [-0.39, 0.29) is 5.95 Å². The number of hydrogen-bond acceptors (Lipinski definition) is 5. The standard InChI is InChI=1S/C6H5N5O/c7-5-9-6-8-1-4(3-12)2-11(6)10-5/h1-3H,(H2,7,10). The van der Waals surface area contributed by atoms with Crippen molar-refractivity contribution in [3.8, 4) is 0 Å². The van der Waals surface area contributed by atoms with Crippen molar-refractivity contribution in [2.45, 2.75) is 0 Å². The monoisotopic (exact) mass is 163 g/mol. The summed E-state index contributed by atoms with van der Waals surface area (Å²) in [6, 6.07) is 0. The molecule has 0 aliphatic heterocycles. The van der Waals surface area contributed by atoms with Crippen LogP contribution in [-0.4, -0.2) is 25.9 Å². The molecule has 0 aromatic carbocycles. The second-order valence-electron chi connectivity index (χ2n) is 2.22. The van der Waals surface area contributed by atoms with Gasteiger partial charge >= 0.3 is 0 Å². The molecule has 0 aliphatic carbocycles. The molecule has 60 valence electrons. The van der Waals surface area contributed by atoms with Crippen LogP contribution in [0.2, 0.25) is 0 Å². The highest BCUT2D eigenvalue weighted by atomic mass is 16.1. The van der Waals surface area contributed by atoms with Crippen LogP contribution in [0.1, 0.15) is 10.4 Å². The first-order chi connectivity index (χ1) is 5.79. The van der Waals surface area contributed by atoms with Gasteiger partial charge < -0.3 is 5.73 Å². The number of aromatic nitrogens is 4. The molecule has 0 amide bonds. The third kappa shape index (κ3) is 0.895. The second kappa shape index (κ2) is 2.26. The normalized spacial score (nSPS) is 10.3. The predicted octanol–water partition coefficient (Wildman–Crippen LogP) is -0.481. The van der Waals surface area contributed by atoms with Crippen LogP contribution < -0.4 is 5.73 Å². The molecule has 2 rings (SSSR count). The van der Waals surface area contributed by atoms with E-state index in [1.54, 1.807) is 0 Å². The zero-order valence-corrected chi connectivity index (χ0v) is 6.01. The first kappa shape index (κ1) is 6.71. The molecule has 0 aliphatic rings. The fourth-order valence-electron chi connectivity index (χ4n) is 0.873. The Morgan fingerprint density at radius 2 is 2.42 bits per heavy atom. The molecule has 6 heteroatoms. The van der Waals surface area contributed by atoms with Gasteiger partial charge in [0.25, 0.3) is 5.78 Å². The Morgan fingerprint density at radius 1 is 1.58 bits per heavy atom. The van der Waals surface area contributed by atoms with Crippen LogP contribution in [0, 0.1) is 0 Å². The summed E-state index contributed by atoms with van der Waals surface area (Å²) < 4.78 is 1.36. The molecule has 6 nitrogen and oxygen atoms in total. The Morgan fingerprint density at radius 3 is 3.17 bits per heavy atom. The van der Waals surface area contributed by atoms with Gasteiger partial charge in [0, 0.05) is 12.4 Å². The Hall–Kier alpha value is -1.98. The number of aldehydes is 1. The van der Waals surface area contributed by atoms with Crippen molar-refractivity contribution in [2.24, 2.45) is 0 Å². The SMILES string of the molecule is Nc1nc2ncc(C=O)cn2n1. The molecule has 0 atom stereocenters. The number of hydrogen-bond donors (Lipinski definition) is 1. The fourth-order valence-corrected chi connectivity index (χ4v) is 0.873. The maximum absolute atomic E-state index is 10.3. The number of nitrogen functional groups attached to an aromatic ring is 1. The molecule has 0 spiro atoms. The van der Waals surface area contributed by atoms with E-state index in [1.165, 1.54) is 16.9 Å². The molecule has 0 bridgehead atoms. The zero-order chi connectivity index (χ0) is 8.55. The van der Waals surface area contributed by atoms with E-state index < -0.39 is 0 Å². The maximum atomic E-state index is 10.3. The summed E-state index contributed by atoms with van der Waals surface area (Å²) >= 11 is 0. The molecule has 2 aromatic heterocycles. The van der Waals surface area contributed by atoms with E-state index in [1.807, 2.05) is 0 Å². The number of anilines is 1. The molecule has 2 heterocycles. The van der Waals surface area contributed by atoms with Gasteiger partial charge in [0.15, 0.2) is 6.29 Å². The number of carbonyl (C=O) groups is 1. The smallest absolute Gasteiger partial charge is 0.253 e. The largest absolute Gasteiger partial charge is 0.366 e. The Bertz CT molecular complexity index is 434. The molecule has 2 N–H and O–H groups in total. The third-order valence-electron chi connectivity index (χ3n) is 1.37. The van der Waals surface area contributed by atoms with Gasteiger partial charge in [0.05, 0.1) is 5.56 Å². The van der Waals surface area contributed by atoms with Crippen molar-refractivity contribution in [1.29, 1.82) is 0 Å². The van der Waals surface area contributed by atoms with Crippen LogP contribution in [0.25, 0.3) is 5.78 Å². The van der Waals surface area contributed by atoms with Gasteiger partial charge in [0.1, 0.15) is 0 Å². The molecular formula is C6H5N5O. The molecule has 0 saturated carbocycles. The lowest BCUT2D eigenvalue weighted by Gasteiger charge is -1.89. The Kier molecular flexibility index (Phi) is 1.26. The van der Waals surface area contributed by atoms with Gasteiger partial charge in [-0.15, -0.1) is 5.10 Å². The van der Waals surface area contributed by atoms with E-state index in [9.17, 15) is 4.79 Å². The quantitative estimate of drug-likeness (QED) is 0.573. The first-order valence-corrected chi connectivity index (χ1v) is 3.22. The van der Waals surface area contributed by atoms with Crippen LogP contribution in [0.5, 0.6) is 0 Å². The van der Waals surface area contributed by atoms with E-state index in [0.29, 0.717) is 17.6 Å². The van der Waals surface area contributed by atoms with Gasteiger partial charge in [-0.05, 0) is 0 Å². The highest BCUT2D eigenvalue weighted by Crippen LogP contribution is 1.99. The second-order valence-corrected chi connectivity index (χ2v) is 2.22. The number of carbonyl (C=O) groups excluding carboxylic acids is 1. The minimum Gasteiger partial charge on any atom is -0.366 e. The highest BCUT2D eigenvalue weighted by Gasteiger charge is 2.00. The summed E-state index contributed by atoms with van der Waals surface area (Å²) in [6.45, 7) is 0. The van der Waals surface area contributed by atoms with Gasteiger partial charge in [-0.1, -0.05) is 0 Å². The fraction of sp³-hybridized carbons (Fsp3) is 0. The first-order valence-electron chi connectivity index (χ1n) is 3.22. The lowest BCUT2D eigenvalue weighted by molar-refractivity contribution is 0.112. The lowest BCUT2D eigenvalue weighted by Crippen LogP contribution is -1.93. The van der Waals surface area contributed by atoms with E-state index in [4.69, 9.17) is 5.73 Å². The lowest BCUT2D eigenvalue weighted by atomic mass is 10.4.